The number of fused-ring (bicyclic) bond motifs is 4. The van der Waals surface area contributed by atoms with Crippen molar-refractivity contribution < 1.29 is 5.11 Å². The van der Waals surface area contributed by atoms with Gasteiger partial charge in [-0.3, -0.25) is 0 Å². The molecule has 4 rings (SSSR count). The Bertz CT molecular complexity index is 661. The zero-order chi connectivity index (χ0) is 21.8. The van der Waals surface area contributed by atoms with Crippen LogP contribution in [0.2, 0.25) is 0 Å². The molecule has 0 spiro atoms. The zero-order valence-corrected chi connectivity index (χ0v) is 21.1. The third kappa shape index (κ3) is 3.54. The average Bonchev–Trinajstić information content (AvgIpc) is 3.06. The van der Waals surface area contributed by atoms with Gasteiger partial charge in [-0.2, -0.15) is 0 Å². The highest BCUT2D eigenvalue weighted by molar-refractivity contribution is 5.35. The molecule has 9 atom stereocenters. The molecule has 3 saturated carbocycles. The highest BCUT2D eigenvalue weighted by atomic mass is 16.3. The van der Waals surface area contributed by atoms with E-state index in [-0.39, 0.29) is 6.10 Å². The summed E-state index contributed by atoms with van der Waals surface area (Å²) in [5.74, 6) is 5.47. The Morgan fingerprint density at radius 3 is 2.37 bits per heavy atom. The average molecular weight is 415 g/mol. The number of hydrogen-bond acceptors (Lipinski definition) is 1. The molecule has 0 aliphatic heterocycles. The number of aliphatic hydroxyl groups excluding tert-OH is 1. The second kappa shape index (κ2) is 8.24. The lowest BCUT2D eigenvalue weighted by atomic mass is 9.47. The van der Waals surface area contributed by atoms with Crippen LogP contribution >= 0.6 is 0 Å². The van der Waals surface area contributed by atoms with Gasteiger partial charge in [-0.05, 0) is 104 Å². The Morgan fingerprint density at radius 1 is 0.933 bits per heavy atom. The molecule has 4 aliphatic carbocycles. The van der Waals surface area contributed by atoms with Crippen LogP contribution in [0.5, 0.6) is 0 Å². The maximum atomic E-state index is 10.5. The fourth-order valence-corrected chi connectivity index (χ4v) is 8.96. The van der Waals surface area contributed by atoms with Gasteiger partial charge in [0, 0.05) is 0 Å². The zero-order valence-electron chi connectivity index (χ0n) is 21.1. The van der Waals surface area contributed by atoms with E-state index in [1.807, 2.05) is 11.1 Å². The van der Waals surface area contributed by atoms with E-state index >= 15 is 0 Å². The highest BCUT2D eigenvalue weighted by Gasteiger charge is 2.56. The van der Waals surface area contributed by atoms with Crippen molar-refractivity contribution >= 4 is 0 Å². The minimum Gasteiger partial charge on any atom is -0.393 e. The van der Waals surface area contributed by atoms with Crippen molar-refractivity contribution in [1.29, 1.82) is 0 Å². The smallest absolute Gasteiger partial charge is 0.0568 e. The van der Waals surface area contributed by atoms with E-state index in [1.54, 1.807) is 0 Å². The van der Waals surface area contributed by atoms with Crippen LogP contribution in [0.25, 0.3) is 0 Å². The van der Waals surface area contributed by atoms with Crippen LogP contribution in [0.15, 0.2) is 11.1 Å². The van der Waals surface area contributed by atoms with Crippen molar-refractivity contribution in [2.24, 2.45) is 52.3 Å². The van der Waals surface area contributed by atoms with Crippen molar-refractivity contribution in [2.45, 2.75) is 119 Å². The second-order valence-corrected chi connectivity index (χ2v) is 13.0. The van der Waals surface area contributed by atoms with E-state index < -0.39 is 0 Å². The molecule has 30 heavy (non-hydrogen) atoms. The van der Waals surface area contributed by atoms with E-state index in [4.69, 9.17) is 0 Å². The summed E-state index contributed by atoms with van der Waals surface area (Å²) >= 11 is 0. The number of aliphatic hydroxyl groups is 1. The van der Waals surface area contributed by atoms with Gasteiger partial charge in [-0.25, -0.2) is 0 Å². The standard InChI is InChI=1S/C29H50O/c1-18(2)19(3)8-9-20(4)23-12-13-25-22-10-11-24-21(5)27(30)15-17-29(24,7)26(22)14-16-28(23,25)6/h18-21,23-24,26-27,30H,8-17H2,1-7H3/t19-,20-,21+,23-,24+,26+,27-,28-,29+/m1/s1. The van der Waals surface area contributed by atoms with Gasteiger partial charge in [0.05, 0.1) is 6.10 Å². The maximum Gasteiger partial charge on any atom is 0.0568 e. The third-order valence-corrected chi connectivity index (χ3v) is 11.5. The van der Waals surface area contributed by atoms with Crippen molar-refractivity contribution in [2.75, 3.05) is 0 Å². The van der Waals surface area contributed by atoms with E-state index in [9.17, 15) is 5.11 Å². The Kier molecular flexibility index (Phi) is 6.28. The molecule has 0 saturated heterocycles. The van der Waals surface area contributed by atoms with Crippen LogP contribution in [0.1, 0.15) is 113 Å². The molecule has 0 aromatic rings. The van der Waals surface area contributed by atoms with E-state index in [1.165, 1.54) is 57.8 Å². The molecule has 0 unspecified atom stereocenters. The summed E-state index contributed by atoms with van der Waals surface area (Å²) in [6.45, 7) is 17.4. The first-order valence-electron chi connectivity index (χ1n) is 13.5. The summed E-state index contributed by atoms with van der Waals surface area (Å²) in [5, 5.41) is 10.5. The normalized spacial score (nSPS) is 45.7. The van der Waals surface area contributed by atoms with Crippen LogP contribution in [-0.2, 0) is 0 Å². The Morgan fingerprint density at radius 2 is 1.67 bits per heavy atom. The Labute approximate surface area is 187 Å². The first-order chi connectivity index (χ1) is 14.1. The minimum atomic E-state index is -0.0592. The fourth-order valence-electron chi connectivity index (χ4n) is 8.96. The van der Waals surface area contributed by atoms with Crippen LogP contribution < -0.4 is 0 Å². The highest BCUT2D eigenvalue weighted by Crippen LogP contribution is 2.66. The van der Waals surface area contributed by atoms with Gasteiger partial charge in [0.25, 0.3) is 0 Å². The van der Waals surface area contributed by atoms with Crippen molar-refractivity contribution in [3.05, 3.63) is 11.1 Å². The first-order valence-corrected chi connectivity index (χ1v) is 13.5. The van der Waals surface area contributed by atoms with Crippen LogP contribution in [0.4, 0.5) is 0 Å². The molecule has 0 aromatic heterocycles. The fraction of sp³-hybridized carbons (Fsp3) is 0.931. The van der Waals surface area contributed by atoms with Gasteiger partial charge in [0.15, 0.2) is 0 Å². The van der Waals surface area contributed by atoms with E-state index in [0.717, 1.165) is 41.9 Å². The molecule has 0 amide bonds. The lowest BCUT2D eigenvalue weighted by Crippen LogP contribution is -2.51. The molecule has 4 aliphatic rings. The lowest BCUT2D eigenvalue weighted by Gasteiger charge is -2.58. The monoisotopic (exact) mass is 414 g/mol. The SMILES string of the molecule is CC(C)[C@H](C)CC[C@@H](C)[C@H]1CCC2=C3CC[C@H]4[C@H](C)[C@H](O)CC[C@]4(C)[C@H]3CC[C@@]21C. The molecule has 0 radical (unpaired) electrons. The van der Waals surface area contributed by atoms with Crippen LogP contribution in [0.3, 0.4) is 0 Å². The summed E-state index contributed by atoms with van der Waals surface area (Å²) in [5.41, 5.74) is 4.76. The molecular formula is C29H50O. The molecule has 0 bridgehead atoms. The molecule has 0 aromatic carbocycles. The quantitative estimate of drug-likeness (QED) is 0.451. The largest absolute Gasteiger partial charge is 0.393 e. The maximum absolute atomic E-state index is 10.5. The summed E-state index contributed by atoms with van der Waals surface area (Å²) in [4.78, 5) is 0. The molecule has 3 fully saturated rings. The van der Waals surface area contributed by atoms with Gasteiger partial charge in [0.2, 0.25) is 0 Å². The summed E-state index contributed by atoms with van der Waals surface area (Å²) < 4.78 is 0. The van der Waals surface area contributed by atoms with Gasteiger partial charge in [-0.15, -0.1) is 0 Å². The van der Waals surface area contributed by atoms with Crippen LogP contribution in [-0.4, -0.2) is 11.2 Å². The minimum absolute atomic E-state index is 0.0592. The van der Waals surface area contributed by atoms with Gasteiger partial charge in [0.1, 0.15) is 0 Å². The van der Waals surface area contributed by atoms with E-state index in [2.05, 4.69) is 48.5 Å². The number of hydrogen-bond donors (Lipinski definition) is 1. The van der Waals surface area contributed by atoms with Crippen molar-refractivity contribution in [3.8, 4) is 0 Å². The summed E-state index contributed by atoms with van der Waals surface area (Å²) in [6, 6.07) is 0. The molecule has 172 valence electrons. The molecule has 1 N–H and O–H groups in total. The van der Waals surface area contributed by atoms with Crippen molar-refractivity contribution in [3.63, 3.8) is 0 Å². The lowest BCUT2D eigenvalue weighted by molar-refractivity contribution is -0.0779. The first kappa shape index (κ1) is 22.9. The number of allylic oxidation sites excluding steroid dienone is 2. The third-order valence-electron chi connectivity index (χ3n) is 11.5. The van der Waals surface area contributed by atoms with Gasteiger partial charge < -0.3 is 5.11 Å². The van der Waals surface area contributed by atoms with Crippen LogP contribution in [0, 0.1) is 52.3 Å². The molecular weight excluding hydrogens is 364 g/mol. The topological polar surface area (TPSA) is 20.2 Å². The Hall–Kier alpha value is -0.300. The molecule has 0 heterocycles. The number of rotatable bonds is 5. The van der Waals surface area contributed by atoms with Crippen molar-refractivity contribution in [1.82, 2.24) is 0 Å². The van der Waals surface area contributed by atoms with Gasteiger partial charge >= 0.3 is 0 Å². The summed E-state index contributed by atoms with van der Waals surface area (Å²) in [7, 11) is 0. The van der Waals surface area contributed by atoms with E-state index in [0.29, 0.717) is 16.7 Å². The predicted molar refractivity (Wildman–Crippen MR) is 128 cm³/mol. The summed E-state index contributed by atoms with van der Waals surface area (Å²) in [6.07, 6.45) is 13.3. The second-order valence-electron chi connectivity index (χ2n) is 13.0. The molecule has 1 heteroatoms. The Balaban J connectivity index is 1.55. The molecule has 1 nitrogen and oxygen atoms in total. The van der Waals surface area contributed by atoms with Gasteiger partial charge in [-0.1, -0.05) is 72.5 Å². The predicted octanol–water partition coefficient (Wildman–Crippen LogP) is 8.02.